The molecule has 0 amide bonds. The number of methoxy groups -OCH3 is 1. The van der Waals surface area contributed by atoms with Gasteiger partial charge in [-0.3, -0.25) is 0 Å². The van der Waals surface area contributed by atoms with Crippen LogP contribution in [-0.2, 0) is 4.74 Å². The van der Waals surface area contributed by atoms with E-state index in [1.54, 1.807) is 7.11 Å². The molecule has 2 aromatic rings. The van der Waals surface area contributed by atoms with Gasteiger partial charge in [0.15, 0.2) is 0 Å². The van der Waals surface area contributed by atoms with Crippen LogP contribution < -0.4 is 0 Å². The Labute approximate surface area is 96.4 Å². The van der Waals surface area contributed by atoms with Crippen molar-refractivity contribution in [2.24, 2.45) is 0 Å². The lowest BCUT2D eigenvalue weighted by molar-refractivity contribution is 0.371. The molecule has 0 heterocycles. The maximum Gasteiger partial charge on any atom is 0.119 e. The molecule has 2 rings (SSSR count). The molecule has 0 aliphatic carbocycles. The van der Waals surface area contributed by atoms with Crippen LogP contribution in [0.2, 0.25) is 0 Å². The minimum atomic E-state index is 0.728. The van der Waals surface area contributed by atoms with Gasteiger partial charge >= 0.3 is 0 Å². The topological polar surface area (TPSA) is 9.23 Å². The monoisotopic (exact) mass is 212 g/mol. The minimum absolute atomic E-state index is 0.728. The molecule has 0 aliphatic heterocycles. The van der Waals surface area contributed by atoms with E-state index in [0.717, 1.165) is 11.3 Å². The average molecular weight is 212 g/mol. The van der Waals surface area contributed by atoms with Gasteiger partial charge in [0.25, 0.3) is 0 Å². The number of rotatable bonds is 2. The summed E-state index contributed by atoms with van der Waals surface area (Å²) < 4.78 is 5.23. The van der Waals surface area contributed by atoms with Crippen LogP contribution in [-0.4, -0.2) is 7.11 Å². The van der Waals surface area contributed by atoms with Gasteiger partial charge in [0.05, 0.1) is 7.11 Å². The summed E-state index contributed by atoms with van der Waals surface area (Å²) in [5.74, 6) is 0.728. The molecular formula is C15H16O. The van der Waals surface area contributed by atoms with Crippen LogP contribution in [0.25, 0.3) is 16.5 Å². The van der Waals surface area contributed by atoms with Gasteiger partial charge in [-0.1, -0.05) is 30.8 Å². The van der Waals surface area contributed by atoms with Gasteiger partial charge < -0.3 is 4.74 Å². The van der Waals surface area contributed by atoms with E-state index in [0.29, 0.717) is 0 Å². The number of aryl methyl sites for hydroxylation is 2. The molecule has 0 atom stereocenters. The summed E-state index contributed by atoms with van der Waals surface area (Å²) in [6.45, 7) is 8.16. The summed E-state index contributed by atoms with van der Waals surface area (Å²) in [6, 6.07) is 10.6. The Morgan fingerprint density at radius 3 is 2.38 bits per heavy atom. The van der Waals surface area contributed by atoms with Gasteiger partial charge in [-0.05, 0) is 41.8 Å². The number of fused-ring (bicyclic) bond motifs is 1. The molecule has 0 saturated carbocycles. The van der Waals surface area contributed by atoms with Crippen LogP contribution in [0.5, 0.6) is 0 Å². The summed E-state index contributed by atoms with van der Waals surface area (Å²) in [7, 11) is 1.66. The first kappa shape index (κ1) is 10.7. The van der Waals surface area contributed by atoms with E-state index in [-0.39, 0.29) is 0 Å². The molecule has 0 N–H and O–H groups in total. The van der Waals surface area contributed by atoms with Crippen LogP contribution in [0.15, 0.2) is 36.9 Å². The van der Waals surface area contributed by atoms with E-state index in [9.17, 15) is 0 Å². The first-order chi connectivity index (χ1) is 7.65. The second kappa shape index (κ2) is 4.01. The third kappa shape index (κ3) is 1.58. The number of hydrogen-bond acceptors (Lipinski definition) is 1. The molecule has 0 aromatic heterocycles. The fraction of sp³-hybridized carbons (Fsp3) is 0.200. The zero-order valence-electron chi connectivity index (χ0n) is 10.0. The Kier molecular flexibility index (Phi) is 2.69. The van der Waals surface area contributed by atoms with Crippen LogP contribution in [0.4, 0.5) is 0 Å². The molecule has 0 unspecified atom stereocenters. The molecule has 2 aromatic carbocycles. The first-order valence-corrected chi connectivity index (χ1v) is 5.37. The van der Waals surface area contributed by atoms with Gasteiger partial charge in [-0.25, -0.2) is 0 Å². The lowest BCUT2D eigenvalue weighted by atomic mass is 9.95. The van der Waals surface area contributed by atoms with Crippen LogP contribution in [0.3, 0.4) is 0 Å². The molecule has 0 spiro atoms. The van der Waals surface area contributed by atoms with Crippen LogP contribution in [0.1, 0.15) is 16.7 Å². The summed E-state index contributed by atoms with van der Waals surface area (Å²) in [4.78, 5) is 0. The molecule has 0 aliphatic rings. The molecular weight excluding hydrogens is 196 g/mol. The highest BCUT2D eigenvalue weighted by molar-refractivity contribution is 5.91. The molecule has 0 bridgehead atoms. The van der Waals surface area contributed by atoms with Gasteiger partial charge in [0.2, 0.25) is 0 Å². The zero-order valence-corrected chi connectivity index (χ0v) is 10.0. The third-order valence-corrected chi connectivity index (χ3v) is 3.07. The summed E-state index contributed by atoms with van der Waals surface area (Å²) >= 11 is 0. The largest absolute Gasteiger partial charge is 0.497 e. The van der Waals surface area contributed by atoms with E-state index in [2.05, 4.69) is 50.8 Å². The number of hydrogen-bond donors (Lipinski definition) is 0. The average Bonchev–Trinajstić information content (AvgIpc) is 2.33. The highest BCUT2D eigenvalue weighted by Crippen LogP contribution is 2.28. The minimum Gasteiger partial charge on any atom is -0.497 e. The van der Waals surface area contributed by atoms with E-state index >= 15 is 0 Å². The summed E-state index contributed by atoms with van der Waals surface area (Å²) in [5, 5.41) is 2.57. The molecule has 1 nitrogen and oxygen atoms in total. The van der Waals surface area contributed by atoms with Crippen LogP contribution in [0, 0.1) is 13.8 Å². The molecule has 1 heteroatoms. The maximum absolute atomic E-state index is 5.23. The van der Waals surface area contributed by atoms with E-state index < -0.39 is 0 Å². The Bertz CT molecular complexity index is 553. The number of benzene rings is 2. The van der Waals surface area contributed by atoms with Gasteiger partial charge in [-0.2, -0.15) is 0 Å². The second-order valence-electron chi connectivity index (χ2n) is 4.04. The predicted molar refractivity (Wildman–Crippen MR) is 69.5 cm³/mol. The van der Waals surface area contributed by atoms with Crippen molar-refractivity contribution >= 4 is 16.5 Å². The SMILES string of the molecule is C=C(OC)c1cc(C)c2ccccc2c1C. The highest BCUT2D eigenvalue weighted by Gasteiger charge is 2.08. The number of ether oxygens (including phenoxy) is 1. The highest BCUT2D eigenvalue weighted by atomic mass is 16.5. The zero-order chi connectivity index (χ0) is 11.7. The Balaban J connectivity index is 2.80. The summed E-state index contributed by atoms with van der Waals surface area (Å²) in [5.41, 5.74) is 3.58. The first-order valence-electron chi connectivity index (χ1n) is 5.37. The lowest BCUT2D eigenvalue weighted by Crippen LogP contribution is -1.93. The Hall–Kier alpha value is -1.76. The fourth-order valence-corrected chi connectivity index (χ4v) is 2.10. The van der Waals surface area contributed by atoms with Gasteiger partial charge in [0.1, 0.15) is 5.76 Å². The summed E-state index contributed by atoms with van der Waals surface area (Å²) in [6.07, 6.45) is 0. The predicted octanol–water partition coefficient (Wildman–Crippen LogP) is 4.07. The van der Waals surface area contributed by atoms with Crippen molar-refractivity contribution in [3.63, 3.8) is 0 Å². The van der Waals surface area contributed by atoms with Crippen molar-refractivity contribution < 1.29 is 4.74 Å². The van der Waals surface area contributed by atoms with Crippen molar-refractivity contribution in [2.75, 3.05) is 7.11 Å². The van der Waals surface area contributed by atoms with Crippen LogP contribution >= 0.6 is 0 Å². The molecule has 0 saturated heterocycles. The Morgan fingerprint density at radius 1 is 1.12 bits per heavy atom. The standard InChI is InChI=1S/C15H16O/c1-10-9-15(12(3)16-4)11(2)14-8-6-5-7-13(10)14/h5-9H,3H2,1-2,4H3. The van der Waals surface area contributed by atoms with Crippen molar-refractivity contribution in [1.29, 1.82) is 0 Å². The smallest absolute Gasteiger partial charge is 0.119 e. The van der Waals surface area contributed by atoms with E-state index in [1.807, 2.05) is 0 Å². The van der Waals surface area contributed by atoms with E-state index in [1.165, 1.54) is 21.9 Å². The third-order valence-electron chi connectivity index (χ3n) is 3.07. The molecule has 82 valence electrons. The fourth-order valence-electron chi connectivity index (χ4n) is 2.10. The van der Waals surface area contributed by atoms with Crippen molar-refractivity contribution in [1.82, 2.24) is 0 Å². The Morgan fingerprint density at radius 2 is 1.75 bits per heavy atom. The van der Waals surface area contributed by atoms with Crippen molar-refractivity contribution in [2.45, 2.75) is 13.8 Å². The van der Waals surface area contributed by atoms with Crippen molar-refractivity contribution in [3.8, 4) is 0 Å². The molecule has 0 radical (unpaired) electrons. The quantitative estimate of drug-likeness (QED) is 0.682. The normalized spacial score (nSPS) is 10.4. The lowest BCUT2D eigenvalue weighted by Gasteiger charge is -2.13. The maximum atomic E-state index is 5.23. The second-order valence-corrected chi connectivity index (χ2v) is 4.04. The van der Waals surface area contributed by atoms with Crippen molar-refractivity contribution in [3.05, 3.63) is 53.6 Å². The molecule has 16 heavy (non-hydrogen) atoms. The molecule has 0 fully saturated rings. The van der Waals surface area contributed by atoms with E-state index in [4.69, 9.17) is 4.74 Å². The van der Waals surface area contributed by atoms with Gasteiger partial charge in [-0.15, -0.1) is 0 Å². The van der Waals surface area contributed by atoms with Gasteiger partial charge in [0, 0.05) is 5.56 Å².